The minimum absolute atomic E-state index is 0.216. The van der Waals surface area contributed by atoms with Crippen LogP contribution in [0.2, 0.25) is 0 Å². The quantitative estimate of drug-likeness (QED) is 0.529. The fourth-order valence-corrected chi connectivity index (χ4v) is 2.01. The number of nitrogens with two attached hydrogens (primary N) is 1. The Hall–Kier alpha value is -0.530. The van der Waals surface area contributed by atoms with Crippen LogP contribution in [0.3, 0.4) is 0 Å². The molecule has 0 radical (unpaired) electrons. The van der Waals surface area contributed by atoms with Crippen LogP contribution in [-0.4, -0.2) is 12.4 Å². The van der Waals surface area contributed by atoms with Gasteiger partial charge < -0.3 is 5.73 Å². The monoisotopic (exact) mass is 182 g/mol. The minimum Gasteiger partial charge on any atom is -0.387 e. The Morgan fingerprint density at radius 1 is 1.31 bits per heavy atom. The van der Waals surface area contributed by atoms with Gasteiger partial charge in [-0.15, -0.1) is 0 Å². The normalized spacial score (nSPS) is 23.1. The Bertz CT molecular complexity index is 179. The van der Waals surface area contributed by atoms with Crippen LogP contribution < -0.4 is 5.73 Å². The van der Waals surface area contributed by atoms with Crippen molar-refractivity contribution in [1.82, 2.24) is 0 Å². The first kappa shape index (κ1) is 10.6. The van der Waals surface area contributed by atoms with E-state index < -0.39 is 0 Å². The average Bonchev–Trinajstić information content (AvgIpc) is 2.15. The maximum atomic E-state index is 6.02. The Morgan fingerprint density at radius 3 is 2.46 bits per heavy atom. The van der Waals surface area contributed by atoms with Crippen LogP contribution in [0.4, 0.5) is 0 Å². The van der Waals surface area contributed by atoms with E-state index in [1.165, 1.54) is 32.1 Å². The molecule has 2 heteroatoms. The number of amidine groups is 1. The van der Waals surface area contributed by atoms with Crippen molar-refractivity contribution in [3.63, 3.8) is 0 Å². The number of aliphatic imine (C=N–C) groups is 1. The number of rotatable bonds is 3. The van der Waals surface area contributed by atoms with Gasteiger partial charge in [0.2, 0.25) is 0 Å². The van der Waals surface area contributed by atoms with Gasteiger partial charge in [0.1, 0.15) is 0 Å². The van der Waals surface area contributed by atoms with Crippen molar-refractivity contribution in [3.05, 3.63) is 0 Å². The highest BCUT2D eigenvalue weighted by Crippen LogP contribution is 2.35. The van der Waals surface area contributed by atoms with Crippen LogP contribution in [0.1, 0.15) is 52.4 Å². The van der Waals surface area contributed by atoms with Crippen molar-refractivity contribution in [2.24, 2.45) is 16.1 Å². The summed E-state index contributed by atoms with van der Waals surface area (Å²) in [6.45, 7) is 5.29. The highest BCUT2D eigenvalue weighted by Gasteiger charge is 2.30. The van der Waals surface area contributed by atoms with E-state index in [1.54, 1.807) is 0 Å². The van der Waals surface area contributed by atoms with Crippen LogP contribution in [0.5, 0.6) is 0 Å². The standard InChI is InChI=1S/C11H22N2/c1-3-9-13-10(12)11(2)7-5-4-6-8-11/h3-9H2,1-2H3,(H2,12,13). The van der Waals surface area contributed by atoms with Crippen molar-refractivity contribution < 1.29 is 0 Å². The smallest absolute Gasteiger partial charge is 0.0996 e. The van der Waals surface area contributed by atoms with E-state index in [-0.39, 0.29) is 5.41 Å². The fraction of sp³-hybridized carbons (Fsp3) is 0.909. The molecular weight excluding hydrogens is 160 g/mol. The van der Waals surface area contributed by atoms with Gasteiger partial charge >= 0.3 is 0 Å². The zero-order valence-corrected chi connectivity index (χ0v) is 8.97. The van der Waals surface area contributed by atoms with E-state index in [1.807, 2.05) is 0 Å². The minimum atomic E-state index is 0.216. The van der Waals surface area contributed by atoms with Crippen LogP contribution >= 0.6 is 0 Å². The summed E-state index contributed by atoms with van der Waals surface area (Å²) in [5, 5.41) is 0. The molecule has 1 rings (SSSR count). The molecule has 1 aliphatic carbocycles. The maximum Gasteiger partial charge on any atom is 0.0996 e. The summed E-state index contributed by atoms with van der Waals surface area (Å²) in [6, 6.07) is 0. The predicted octanol–water partition coefficient (Wildman–Crippen LogP) is 2.72. The van der Waals surface area contributed by atoms with Crippen molar-refractivity contribution in [1.29, 1.82) is 0 Å². The summed E-state index contributed by atoms with van der Waals surface area (Å²) >= 11 is 0. The summed E-state index contributed by atoms with van der Waals surface area (Å²) in [6.07, 6.45) is 7.56. The average molecular weight is 182 g/mol. The molecule has 0 unspecified atom stereocenters. The lowest BCUT2D eigenvalue weighted by atomic mass is 9.75. The largest absolute Gasteiger partial charge is 0.387 e. The topological polar surface area (TPSA) is 38.4 Å². The Morgan fingerprint density at radius 2 is 1.92 bits per heavy atom. The molecule has 0 aromatic carbocycles. The molecule has 2 nitrogen and oxygen atoms in total. The molecule has 2 N–H and O–H groups in total. The first-order valence-electron chi connectivity index (χ1n) is 5.49. The van der Waals surface area contributed by atoms with Gasteiger partial charge in [-0.3, -0.25) is 4.99 Å². The lowest BCUT2D eigenvalue weighted by Gasteiger charge is -2.32. The van der Waals surface area contributed by atoms with Crippen molar-refractivity contribution in [2.45, 2.75) is 52.4 Å². The first-order valence-corrected chi connectivity index (χ1v) is 5.49. The Labute approximate surface area is 81.6 Å². The van der Waals surface area contributed by atoms with Crippen LogP contribution in [0, 0.1) is 5.41 Å². The zero-order chi connectivity index (χ0) is 9.73. The summed E-state index contributed by atoms with van der Waals surface area (Å²) < 4.78 is 0. The van der Waals surface area contributed by atoms with E-state index in [9.17, 15) is 0 Å². The van der Waals surface area contributed by atoms with E-state index >= 15 is 0 Å². The van der Waals surface area contributed by atoms with Gasteiger partial charge in [-0.2, -0.15) is 0 Å². The molecule has 0 bridgehead atoms. The molecule has 0 atom stereocenters. The van der Waals surface area contributed by atoms with Gasteiger partial charge in [0.25, 0.3) is 0 Å². The lowest BCUT2D eigenvalue weighted by Crippen LogP contribution is -2.36. The third kappa shape index (κ3) is 2.71. The molecule has 1 saturated carbocycles. The van der Waals surface area contributed by atoms with Crippen LogP contribution in [0.15, 0.2) is 4.99 Å². The number of hydrogen-bond acceptors (Lipinski definition) is 1. The molecule has 0 heterocycles. The van der Waals surface area contributed by atoms with Gasteiger partial charge in [-0.25, -0.2) is 0 Å². The second-order valence-electron chi connectivity index (χ2n) is 4.39. The van der Waals surface area contributed by atoms with Crippen molar-refractivity contribution >= 4 is 5.84 Å². The summed E-state index contributed by atoms with van der Waals surface area (Å²) in [5.41, 5.74) is 6.23. The molecule has 1 aliphatic rings. The number of nitrogens with zero attached hydrogens (tertiary/aromatic N) is 1. The van der Waals surface area contributed by atoms with Crippen LogP contribution in [-0.2, 0) is 0 Å². The Balaban J connectivity index is 2.55. The highest BCUT2D eigenvalue weighted by molar-refractivity contribution is 5.86. The molecular formula is C11H22N2. The lowest BCUT2D eigenvalue weighted by molar-refractivity contribution is 0.309. The molecule has 0 aromatic heterocycles. The van der Waals surface area contributed by atoms with Crippen molar-refractivity contribution in [3.8, 4) is 0 Å². The third-order valence-electron chi connectivity index (χ3n) is 3.08. The van der Waals surface area contributed by atoms with E-state index in [0.29, 0.717) is 0 Å². The van der Waals surface area contributed by atoms with E-state index in [2.05, 4.69) is 18.8 Å². The molecule has 0 amide bonds. The zero-order valence-electron chi connectivity index (χ0n) is 8.97. The van der Waals surface area contributed by atoms with Gasteiger partial charge in [-0.1, -0.05) is 33.1 Å². The van der Waals surface area contributed by atoms with E-state index in [0.717, 1.165) is 18.8 Å². The molecule has 13 heavy (non-hydrogen) atoms. The van der Waals surface area contributed by atoms with Crippen molar-refractivity contribution in [2.75, 3.05) is 6.54 Å². The molecule has 0 aliphatic heterocycles. The molecule has 1 fully saturated rings. The fourth-order valence-electron chi connectivity index (χ4n) is 2.01. The second-order valence-corrected chi connectivity index (χ2v) is 4.39. The highest BCUT2D eigenvalue weighted by atomic mass is 14.9. The predicted molar refractivity (Wildman–Crippen MR) is 58.0 cm³/mol. The Kier molecular flexibility index (Phi) is 3.76. The SMILES string of the molecule is CCCN=C(N)C1(C)CCCCC1. The molecule has 0 saturated heterocycles. The van der Waals surface area contributed by atoms with Gasteiger partial charge in [0, 0.05) is 12.0 Å². The second kappa shape index (κ2) is 4.64. The van der Waals surface area contributed by atoms with E-state index in [4.69, 9.17) is 5.73 Å². The summed E-state index contributed by atoms with van der Waals surface area (Å²) in [5.74, 6) is 0.897. The van der Waals surface area contributed by atoms with Gasteiger partial charge in [-0.05, 0) is 19.3 Å². The maximum absolute atomic E-state index is 6.02. The van der Waals surface area contributed by atoms with Gasteiger partial charge in [0.15, 0.2) is 0 Å². The third-order valence-corrected chi connectivity index (χ3v) is 3.08. The van der Waals surface area contributed by atoms with Gasteiger partial charge in [0.05, 0.1) is 5.84 Å². The molecule has 0 spiro atoms. The first-order chi connectivity index (χ1) is 6.19. The number of hydrogen-bond donors (Lipinski definition) is 1. The summed E-state index contributed by atoms with van der Waals surface area (Å²) in [7, 11) is 0. The summed E-state index contributed by atoms with van der Waals surface area (Å²) in [4.78, 5) is 4.43. The molecule has 76 valence electrons. The van der Waals surface area contributed by atoms with Crippen LogP contribution in [0.25, 0.3) is 0 Å². The molecule has 0 aromatic rings.